The summed E-state index contributed by atoms with van der Waals surface area (Å²) in [5, 5.41) is 15.2. The van der Waals surface area contributed by atoms with E-state index in [2.05, 4.69) is 11.5 Å². The van der Waals surface area contributed by atoms with E-state index in [-0.39, 0.29) is 5.82 Å². The van der Waals surface area contributed by atoms with Crippen molar-refractivity contribution >= 4 is 0 Å². The Kier molecular flexibility index (Phi) is 9.18. The van der Waals surface area contributed by atoms with E-state index >= 15 is 0 Å². The summed E-state index contributed by atoms with van der Waals surface area (Å²) in [4.78, 5) is 2.13. The molecule has 0 amide bonds. The molecular formula is C26H32FN3O3. The van der Waals surface area contributed by atoms with Gasteiger partial charge in [0.25, 0.3) is 0 Å². The maximum Gasteiger partial charge on any atom is 0.227 e. The topological polar surface area (TPSA) is 59.8 Å². The molecule has 0 bridgehead atoms. The number of rotatable bonds is 13. The van der Waals surface area contributed by atoms with Crippen molar-refractivity contribution in [3.05, 3.63) is 84.3 Å². The van der Waals surface area contributed by atoms with E-state index in [9.17, 15) is 9.50 Å². The number of halogens is 1. The average Bonchev–Trinajstić information content (AvgIpc) is 3.13. The maximum atomic E-state index is 13.4. The third kappa shape index (κ3) is 6.99. The molecule has 0 fully saturated rings. The number of ether oxygens (including phenoxy) is 2. The molecule has 33 heavy (non-hydrogen) atoms. The number of aryl methyl sites for hydroxylation is 1. The molecule has 2 aromatic carbocycles. The predicted molar refractivity (Wildman–Crippen MR) is 127 cm³/mol. The first-order valence-electron chi connectivity index (χ1n) is 11.1. The van der Waals surface area contributed by atoms with E-state index in [1.165, 1.54) is 12.1 Å². The first-order valence-corrected chi connectivity index (χ1v) is 11.1. The third-order valence-corrected chi connectivity index (χ3v) is 5.33. The minimum absolute atomic E-state index is 0.324. The number of hydrogen-bond donors (Lipinski definition) is 1. The monoisotopic (exact) mass is 453 g/mol. The van der Waals surface area contributed by atoms with Gasteiger partial charge >= 0.3 is 0 Å². The second-order valence-corrected chi connectivity index (χ2v) is 7.92. The zero-order valence-electron chi connectivity index (χ0n) is 19.3. The van der Waals surface area contributed by atoms with Crippen LogP contribution < -0.4 is 4.74 Å². The highest BCUT2D eigenvalue weighted by atomic mass is 19.1. The van der Waals surface area contributed by atoms with Gasteiger partial charge in [0.2, 0.25) is 5.88 Å². The van der Waals surface area contributed by atoms with Gasteiger partial charge in [0, 0.05) is 26.7 Å². The van der Waals surface area contributed by atoms with Crippen molar-refractivity contribution in [3.63, 3.8) is 0 Å². The van der Waals surface area contributed by atoms with Crippen LogP contribution in [0.4, 0.5) is 4.39 Å². The highest BCUT2D eigenvalue weighted by Gasteiger charge is 2.22. The van der Waals surface area contributed by atoms with Gasteiger partial charge in [0.05, 0.1) is 29.7 Å². The lowest BCUT2D eigenvalue weighted by Crippen LogP contribution is -2.34. The third-order valence-electron chi connectivity index (χ3n) is 5.33. The molecule has 6 nitrogen and oxygen atoms in total. The van der Waals surface area contributed by atoms with E-state index < -0.39 is 6.10 Å². The standard InChI is InChI=1S/C26H32FN3O3/c1-4-5-11-23(31)18-29(16-17-32-3)19-25-20(2)28-30(22-9-7-6-8-10-22)26(25)33-24-14-12-21(27)13-15-24/h4,6-10,12-15,23,31H,1,5,11,16-19H2,2-3H3. The normalized spacial score (nSPS) is 12.2. The quantitative estimate of drug-likeness (QED) is 0.374. The van der Waals surface area contributed by atoms with Crippen LogP contribution in [0.15, 0.2) is 67.3 Å². The summed E-state index contributed by atoms with van der Waals surface area (Å²) in [7, 11) is 1.66. The molecule has 0 aliphatic carbocycles. The van der Waals surface area contributed by atoms with Gasteiger partial charge in [0.15, 0.2) is 0 Å². The van der Waals surface area contributed by atoms with Gasteiger partial charge in [-0.2, -0.15) is 5.10 Å². The largest absolute Gasteiger partial charge is 0.439 e. The van der Waals surface area contributed by atoms with Gasteiger partial charge in [-0.1, -0.05) is 24.3 Å². The molecule has 1 aromatic heterocycles. The molecule has 0 aliphatic heterocycles. The number of aliphatic hydroxyl groups excluding tert-OH is 1. The SMILES string of the molecule is C=CCCC(O)CN(CCOC)Cc1c(C)nn(-c2ccccc2)c1Oc1ccc(F)cc1. The molecule has 1 atom stereocenters. The second-order valence-electron chi connectivity index (χ2n) is 7.92. The van der Waals surface area contributed by atoms with Crippen molar-refractivity contribution in [2.45, 2.75) is 32.4 Å². The second kappa shape index (κ2) is 12.3. The molecule has 3 aromatic rings. The zero-order valence-corrected chi connectivity index (χ0v) is 19.3. The van der Waals surface area contributed by atoms with Gasteiger partial charge in [-0.05, 0) is 56.2 Å². The fourth-order valence-electron chi connectivity index (χ4n) is 3.56. The Morgan fingerprint density at radius 2 is 1.91 bits per heavy atom. The van der Waals surface area contributed by atoms with Crippen LogP contribution in [0.1, 0.15) is 24.1 Å². The van der Waals surface area contributed by atoms with Crippen molar-refractivity contribution in [1.29, 1.82) is 0 Å². The van der Waals surface area contributed by atoms with Gasteiger partial charge < -0.3 is 14.6 Å². The number of nitrogens with zero attached hydrogens (tertiary/aromatic N) is 3. The highest BCUT2D eigenvalue weighted by Crippen LogP contribution is 2.31. The summed E-state index contributed by atoms with van der Waals surface area (Å²) >= 11 is 0. The number of hydrogen-bond acceptors (Lipinski definition) is 5. The van der Waals surface area contributed by atoms with E-state index in [1.807, 2.05) is 43.3 Å². The molecule has 7 heteroatoms. The first kappa shape index (κ1) is 24.6. The van der Waals surface area contributed by atoms with Gasteiger partial charge in [-0.3, -0.25) is 4.90 Å². The number of allylic oxidation sites excluding steroid dienone is 1. The van der Waals surface area contributed by atoms with Crippen LogP contribution in [0.2, 0.25) is 0 Å². The molecule has 0 aliphatic rings. The summed E-state index contributed by atoms with van der Waals surface area (Å²) in [5.74, 6) is 0.757. The van der Waals surface area contributed by atoms with Crippen LogP contribution in [-0.4, -0.2) is 52.7 Å². The summed E-state index contributed by atoms with van der Waals surface area (Å²) in [6, 6.07) is 15.7. The average molecular weight is 454 g/mol. The number of aromatic nitrogens is 2. The van der Waals surface area contributed by atoms with Crippen LogP contribution >= 0.6 is 0 Å². The smallest absolute Gasteiger partial charge is 0.227 e. The minimum atomic E-state index is -0.481. The molecule has 3 rings (SSSR count). The number of aliphatic hydroxyl groups is 1. The van der Waals surface area contributed by atoms with E-state index in [0.717, 1.165) is 23.4 Å². The minimum Gasteiger partial charge on any atom is -0.439 e. The number of benzene rings is 2. The highest BCUT2D eigenvalue weighted by molar-refractivity contribution is 5.43. The van der Waals surface area contributed by atoms with Crippen molar-refractivity contribution in [2.24, 2.45) is 0 Å². The van der Waals surface area contributed by atoms with Gasteiger partial charge in [-0.15, -0.1) is 6.58 Å². The summed E-state index contributed by atoms with van der Waals surface area (Å²) < 4.78 is 26.7. The Bertz CT molecular complexity index is 1010. The molecule has 0 radical (unpaired) electrons. The lowest BCUT2D eigenvalue weighted by molar-refractivity contribution is 0.0804. The Morgan fingerprint density at radius 3 is 2.58 bits per heavy atom. The van der Waals surface area contributed by atoms with Crippen molar-refractivity contribution in [2.75, 3.05) is 26.8 Å². The van der Waals surface area contributed by atoms with Crippen molar-refractivity contribution < 1.29 is 19.0 Å². The lowest BCUT2D eigenvalue weighted by atomic mass is 10.1. The fourth-order valence-corrected chi connectivity index (χ4v) is 3.56. The van der Waals surface area contributed by atoms with Gasteiger partial charge in [0.1, 0.15) is 11.6 Å². The van der Waals surface area contributed by atoms with E-state index in [0.29, 0.717) is 44.3 Å². The maximum absolute atomic E-state index is 13.4. The molecular weight excluding hydrogens is 421 g/mol. The van der Waals surface area contributed by atoms with E-state index in [4.69, 9.17) is 14.6 Å². The van der Waals surface area contributed by atoms with Crippen LogP contribution in [0.5, 0.6) is 11.6 Å². The van der Waals surface area contributed by atoms with Crippen LogP contribution in [0, 0.1) is 12.7 Å². The molecule has 0 saturated carbocycles. The Labute approximate surface area is 194 Å². The van der Waals surface area contributed by atoms with Crippen molar-refractivity contribution in [3.8, 4) is 17.3 Å². The molecule has 1 N–H and O–H groups in total. The molecule has 0 spiro atoms. The summed E-state index contributed by atoms with van der Waals surface area (Å²) in [6.45, 7) is 7.86. The fraction of sp³-hybridized carbons (Fsp3) is 0.346. The lowest BCUT2D eigenvalue weighted by Gasteiger charge is -2.25. The molecule has 0 saturated heterocycles. The van der Waals surface area contributed by atoms with Crippen molar-refractivity contribution in [1.82, 2.24) is 14.7 Å². The van der Waals surface area contributed by atoms with Crippen LogP contribution in [0.25, 0.3) is 5.69 Å². The summed E-state index contributed by atoms with van der Waals surface area (Å²) in [5.41, 5.74) is 2.58. The van der Waals surface area contributed by atoms with Crippen LogP contribution in [0.3, 0.4) is 0 Å². The van der Waals surface area contributed by atoms with E-state index in [1.54, 1.807) is 23.9 Å². The molecule has 1 heterocycles. The van der Waals surface area contributed by atoms with Crippen LogP contribution in [-0.2, 0) is 11.3 Å². The predicted octanol–water partition coefficient (Wildman–Crippen LogP) is 4.89. The molecule has 1 unspecified atom stereocenters. The Morgan fingerprint density at radius 1 is 1.18 bits per heavy atom. The van der Waals surface area contributed by atoms with Gasteiger partial charge in [-0.25, -0.2) is 9.07 Å². The Hall–Kier alpha value is -3.00. The number of para-hydroxylation sites is 1. The number of methoxy groups -OCH3 is 1. The first-order chi connectivity index (χ1) is 16.0. The summed E-state index contributed by atoms with van der Waals surface area (Å²) in [6.07, 6.45) is 2.73. The zero-order chi connectivity index (χ0) is 23.6. The Balaban J connectivity index is 1.94. The molecule has 176 valence electrons.